The predicted octanol–water partition coefficient (Wildman–Crippen LogP) is 3.52. The summed E-state index contributed by atoms with van der Waals surface area (Å²) < 4.78 is 0. The van der Waals surface area contributed by atoms with Crippen LogP contribution in [-0.2, 0) is 48.0 Å². The topological polar surface area (TPSA) is 203 Å². The van der Waals surface area contributed by atoms with Crippen molar-refractivity contribution in [1.29, 1.82) is 0 Å². The van der Waals surface area contributed by atoms with E-state index < -0.39 is 72.2 Å². The van der Waals surface area contributed by atoms with Crippen LogP contribution in [0.2, 0.25) is 0 Å². The average molecular weight is 804 g/mol. The summed E-state index contributed by atoms with van der Waals surface area (Å²) in [5.74, 6) is -5.06. The third-order valence-corrected chi connectivity index (χ3v) is 11.0. The number of fused-ring (bicyclic) bond motifs is 18. The first-order valence-corrected chi connectivity index (χ1v) is 19.9. The Balaban J connectivity index is 1.34. The lowest BCUT2D eigenvalue weighted by Crippen LogP contribution is -2.59. The number of allylic oxidation sites excluding steroid dienone is 1. The molecule has 2 bridgehead atoms. The van der Waals surface area contributed by atoms with E-state index in [-0.39, 0.29) is 36.6 Å². The van der Waals surface area contributed by atoms with Crippen LogP contribution in [0.5, 0.6) is 0 Å². The van der Waals surface area contributed by atoms with Gasteiger partial charge in [-0.2, -0.15) is 0 Å². The van der Waals surface area contributed by atoms with Crippen LogP contribution >= 0.6 is 11.8 Å². The van der Waals surface area contributed by atoms with Crippen LogP contribution in [0.3, 0.4) is 0 Å². The molecule has 6 atom stereocenters. The second kappa shape index (κ2) is 19.7. The number of hydrogen-bond acceptors (Lipinski definition) is 8. The lowest BCUT2D eigenvalue weighted by atomic mass is 9.99. The summed E-state index contributed by atoms with van der Waals surface area (Å²) in [7, 11) is 0. The normalized spacial score (nSPS) is 23.4. The molecule has 4 aromatic carbocycles. The quantitative estimate of drug-likeness (QED) is 0.130. The maximum Gasteiger partial charge on any atom is 0.326 e. The van der Waals surface area contributed by atoms with E-state index in [1.54, 1.807) is 42.5 Å². The van der Waals surface area contributed by atoms with Crippen molar-refractivity contribution < 1.29 is 39.0 Å². The largest absolute Gasteiger partial charge is 0.480 e. The number of carbonyl (C=O) groups excluding carboxylic acids is 5. The van der Waals surface area contributed by atoms with Gasteiger partial charge in [0.05, 0.1) is 6.42 Å². The van der Waals surface area contributed by atoms with E-state index in [9.17, 15) is 39.0 Å². The average Bonchev–Trinajstić information content (AvgIpc) is 3.74. The zero-order valence-electron chi connectivity index (χ0n) is 31.5. The molecule has 14 heteroatoms. The van der Waals surface area contributed by atoms with Crippen molar-refractivity contribution in [1.82, 2.24) is 21.3 Å². The molecule has 3 heterocycles. The molecule has 5 amide bonds. The summed E-state index contributed by atoms with van der Waals surface area (Å²) in [4.78, 5) is 81.2. The van der Waals surface area contributed by atoms with Gasteiger partial charge in [0.2, 0.25) is 23.6 Å². The first kappa shape index (κ1) is 41.4. The highest BCUT2D eigenvalue weighted by atomic mass is 32.2. The standard InChI is InChI=1S/C44H45N5O8S/c50-38-26-39(51)46-36(25-33-12-7-21-58-33)42(54)48-35(23-28-13-17-31(18-14-28)30-10-5-2-6-11-30)40(52)47-34(22-27-8-3-1-4-9-27)41(53)49-37(44(56)57)24-29-15-19-32(20-16-29)45-43(38)55/h1-11,13-21,33-38,50H,12,22-26H2,(H,45,55)(H,46,51)(H,47,52)(H,48,54)(H,49,53)(H,56,57)/t33?,34-,35+,36-,37+,38+/m0/s1. The molecule has 13 nitrogen and oxygen atoms in total. The number of carboxylic acids is 1. The number of aliphatic hydroxyl groups is 1. The zero-order chi connectivity index (χ0) is 41.0. The van der Waals surface area contributed by atoms with E-state index in [0.29, 0.717) is 23.1 Å². The van der Waals surface area contributed by atoms with Gasteiger partial charge in [0, 0.05) is 30.2 Å². The molecule has 3 aliphatic heterocycles. The van der Waals surface area contributed by atoms with E-state index in [2.05, 4.69) is 26.6 Å². The van der Waals surface area contributed by atoms with Crippen LogP contribution < -0.4 is 26.6 Å². The Morgan fingerprint density at radius 3 is 1.79 bits per heavy atom. The second-order valence-corrected chi connectivity index (χ2v) is 15.5. The lowest BCUT2D eigenvalue weighted by Gasteiger charge is -2.27. The van der Waals surface area contributed by atoms with Crippen LogP contribution in [0.4, 0.5) is 5.69 Å². The summed E-state index contributed by atoms with van der Waals surface area (Å²) in [5, 5.41) is 36.1. The summed E-state index contributed by atoms with van der Waals surface area (Å²) in [6.45, 7) is 0. The van der Waals surface area contributed by atoms with Gasteiger partial charge in [-0.1, -0.05) is 103 Å². The van der Waals surface area contributed by atoms with Gasteiger partial charge in [-0.25, -0.2) is 4.79 Å². The number of thioether (sulfide) groups is 1. The van der Waals surface area contributed by atoms with Crippen molar-refractivity contribution in [3.8, 4) is 11.1 Å². The number of anilines is 1. The first-order valence-electron chi connectivity index (χ1n) is 19.0. The number of amides is 5. The molecule has 3 aliphatic rings. The van der Waals surface area contributed by atoms with Gasteiger partial charge in [-0.05, 0) is 58.2 Å². The van der Waals surface area contributed by atoms with Crippen LogP contribution in [-0.4, -0.2) is 81.2 Å². The molecule has 0 aliphatic carbocycles. The number of nitrogens with one attached hydrogen (secondary N) is 5. The number of aliphatic carboxylic acids is 1. The maximum atomic E-state index is 14.4. The van der Waals surface area contributed by atoms with Crippen LogP contribution in [0.1, 0.15) is 36.0 Å². The Morgan fingerprint density at radius 1 is 0.621 bits per heavy atom. The van der Waals surface area contributed by atoms with Gasteiger partial charge < -0.3 is 36.8 Å². The second-order valence-electron chi connectivity index (χ2n) is 14.3. The van der Waals surface area contributed by atoms with E-state index in [4.69, 9.17) is 0 Å². The highest BCUT2D eigenvalue weighted by Crippen LogP contribution is 2.28. The number of aliphatic hydroxyl groups excluding tert-OH is 1. The molecule has 0 saturated carbocycles. The fourth-order valence-electron chi connectivity index (χ4n) is 6.77. The fourth-order valence-corrected chi connectivity index (χ4v) is 7.74. The highest BCUT2D eigenvalue weighted by molar-refractivity contribution is 8.03. The van der Waals surface area contributed by atoms with Crippen molar-refractivity contribution in [3.63, 3.8) is 0 Å². The summed E-state index contributed by atoms with van der Waals surface area (Å²) in [6.07, 6.45) is 0.253. The van der Waals surface area contributed by atoms with E-state index in [1.165, 1.54) is 23.9 Å². The molecular formula is C44H45N5O8S. The number of benzene rings is 4. The monoisotopic (exact) mass is 803 g/mol. The van der Waals surface area contributed by atoms with Crippen LogP contribution in [0, 0.1) is 0 Å². The van der Waals surface area contributed by atoms with Gasteiger partial charge in [-0.15, -0.1) is 11.8 Å². The van der Waals surface area contributed by atoms with E-state index in [0.717, 1.165) is 11.1 Å². The van der Waals surface area contributed by atoms with Crippen molar-refractivity contribution in [2.75, 3.05) is 5.32 Å². The number of hydrogen-bond donors (Lipinski definition) is 7. The minimum absolute atomic E-state index is 0.000815. The fraction of sp³-hybridized carbons (Fsp3) is 0.273. The Hall–Kier alpha value is -6.25. The van der Waals surface area contributed by atoms with Crippen LogP contribution in [0.25, 0.3) is 11.1 Å². The Labute approximate surface area is 340 Å². The summed E-state index contributed by atoms with van der Waals surface area (Å²) in [6, 6.07) is 27.2. The van der Waals surface area contributed by atoms with Gasteiger partial charge in [0.1, 0.15) is 30.3 Å². The number of carboxylic acid groups (broad SMARTS) is 1. The summed E-state index contributed by atoms with van der Waals surface area (Å²) in [5.41, 5.74) is 4.12. The predicted molar refractivity (Wildman–Crippen MR) is 220 cm³/mol. The number of rotatable bonds is 8. The van der Waals surface area contributed by atoms with Crippen LogP contribution in [0.15, 0.2) is 121 Å². The molecule has 300 valence electrons. The smallest absolute Gasteiger partial charge is 0.326 e. The molecule has 7 rings (SSSR count). The number of carbonyl (C=O) groups is 6. The molecular weight excluding hydrogens is 759 g/mol. The third kappa shape index (κ3) is 11.6. The van der Waals surface area contributed by atoms with Crippen molar-refractivity contribution in [2.45, 2.75) is 74.0 Å². The van der Waals surface area contributed by atoms with Crippen molar-refractivity contribution in [2.24, 2.45) is 0 Å². The molecule has 7 N–H and O–H groups in total. The molecule has 0 fully saturated rings. The van der Waals surface area contributed by atoms with Crippen molar-refractivity contribution in [3.05, 3.63) is 137 Å². The highest BCUT2D eigenvalue weighted by Gasteiger charge is 2.34. The van der Waals surface area contributed by atoms with Crippen molar-refractivity contribution >= 4 is 53.0 Å². The van der Waals surface area contributed by atoms with Gasteiger partial charge in [-0.3, -0.25) is 24.0 Å². The molecule has 0 spiro atoms. The Bertz CT molecular complexity index is 2110. The zero-order valence-corrected chi connectivity index (χ0v) is 32.3. The molecule has 1 unspecified atom stereocenters. The minimum atomic E-state index is -1.76. The Morgan fingerprint density at radius 2 is 1.19 bits per heavy atom. The van der Waals surface area contributed by atoms with Gasteiger partial charge in [0.15, 0.2) is 0 Å². The molecule has 4 aromatic rings. The van der Waals surface area contributed by atoms with Gasteiger partial charge in [0.25, 0.3) is 5.91 Å². The van der Waals surface area contributed by atoms with E-state index >= 15 is 0 Å². The lowest BCUT2D eigenvalue weighted by molar-refractivity contribution is -0.142. The minimum Gasteiger partial charge on any atom is -0.480 e. The third-order valence-electron chi connectivity index (χ3n) is 9.92. The molecule has 0 aromatic heterocycles. The Kier molecular flexibility index (Phi) is 14.1. The molecule has 58 heavy (non-hydrogen) atoms. The molecule has 0 saturated heterocycles. The first-order chi connectivity index (χ1) is 28.0. The SMILES string of the molecule is O=C1C[C@@H](O)C(=O)Nc2ccc(cc2)C[C@H](C(=O)O)NC(=O)[C@H](Cc2ccccc2)NC(=O)[C@@H](Cc2ccc(-c3ccccc3)cc2)NC(=O)[C@H](CC2CC=CS2)N1. The van der Waals surface area contributed by atoms with Gasteiger partial charge >= 0.3 is 5.97 Å². The summed E-state index contributed by atoms with van der Waals surface area (Å²) >= 11 is 1.50. The maximum absolute atomic E-state index is 14.4. The van der Waals surface area contributed by atoms with E-state index in [1.807, 2.05) is 66.1 Å². The molecule has 0 radical (unpaired) electrons.